The van der Waals surface area contributed by atoms with E-state index in [-0.39, 0.29) is 16.6 Å². The van der Waals surface area contributed by atoms with Crippen LogP contribution in [0.5, 0.6) is 5.75 Å². The molecule has 1 saturated heterocycles. The van der Waals surface area contributed by atoms with E-state index in [2.05, 4.69) is 10.3 Å². The molecule has 10 heteroatoms. The van der Waals surface area contributed by atoms with Crippen LogP contribution in [0, 0.1) is 0 Å². The number of benzene rings is 1. The average Bonchev–Trinajstić information content (AvgIpc) is 3.46. The monoisotopic (exact) mass is 463 g/mol. The van der Waals surface area contributed by atoms with Crippen molar-refractivity contribution in [2.45, 2.75) is 24.2 Å². The standard InChI is InChI=1S/C20H21N3O4S3/c1-27-16-8-7-14(12-18(16)30(25,26)23-9-3-2-4-10-23)21-19(24)15-13-29-20(22-15)17-6-5-11-28-17/h5-8,11-13H,2-4,9-10H2,1H3,(H,21,24). The molecule has 1 aromatic carbocycles. The molecule has 0 spiro atoms. The zero-order valence-electron chi connectivity index (χ0n) is 16.3. The molecule has 1 N–H and O–H groups in total. The number of ether oxygens (including phenoxy) is 1. The number of anilines is 1. The number of nitrogens with zero attached hydrogens (tertiary/aromatic N) is 2. The van der Waals surface area contributed by atoms with Crippen LogP contribution in [0.15, 0.2) is 46.0 Å². The summed E-state index contributed by atoms with van der Waals surface area (Å²) in [5, 5.41) is 7.18. The second-order valence-electron chi connectivity index (χ2n) is 6.80. The third-order valence-corrected chi connectivity index (χ3v) is 8.62. The first-order valence-corrected chi connectivity index (χ1v) is 12.7. The van der Waals surface area contributed by atoms with E-state index in [0.717, 1.165) is 29.1 Å². The van der Waals surface area contributed by atoms with E-state index in [4.69, 9.17) is 4.74 Å². The van der Waals surface area contributed by atoms with E-state index in [1.165, 1.54) is 28.8 Å². The van der Waals surface area contributed by atoms with Crippen LogP contribution in [0.2, 0.25) is 0 Å². The summed E-state index contributed by atoms with van der Waals surface area (Å²) in [6.45, 7) is 0.985. The van der Waals surface area contributed by atoms with E-state index < -0.39 is 10.0 Å². The Morgan fingerprint density at radius 3 is 2.67 bits per heavy atom. The van der Waals surface area contributed by atoms with E-state index in [1.54, 1.807) is 28.8 Å². The maximum absolute atomic E-state index is 13.1. The average molecular weight is 464 g/mol. The molecule has 1 fully saturated rings. The third kappa shape index (κ3) is 4.27. The lowest BCUT2D eigenvalue weighted by molar-refractivity contribution is 0.102. The summed E-state index contributed by atoms with van der Waals surface area (Å²) in [6, 6.07) is 8.52. The second-order valence-corrected chi connectivity index (χ2v) is 10.5. The predicted molar refractivity (Wildman–Crippen MR) is 119 cm³/mol. The van der Waals surface area contributed by atoms with Crippen molar-refractivity contribution in [3.8, 4) is 15.6 Å². The molecule has 1 aliphatic rings. The molecule has 0 atom stereocenters. The number of methoxy groups -OCH3 is 1. The van der Waals surface area contributed by atoms with Gasteiger partial charge in [0.25, 0.3) is 5.91 Å². The van der Waals surface area contributed by atoms with Crippen LogP contribution in [-0.2, 0) is 10.0 Å². The predicted octanol–water partition coefficient (Wildman–Crippen LogP) is 4.31. The number of carbonyl (C=O) groups excluding carboxylic acids is 1. The lowest BCUT2D eigenvalue weighted by Crippen LogP contribution is -2.35. The van der Waals surface area contributed by atoms with Crippen molar-refractivity contribution in [1.29, 1.82) is 0 Å². The molecular weight excluding hydrogens is 442 g/mol. The lowest BCUT2D eigenvalue weighted by atomic mass is 10.2. The van der Waals surface area contributed by atoms with Crippen LogP contribution >= 0.6 is 22.7 Å². The summed E-state index contributed by atoms with van der Waals surface area (Å²) < 4.78 is 33.0. The van der Waals surface area contributed by atoms with Gasteiger partial charge < -0.3 is 10.1 Å². The first-order valence-electron chi connectivity index (χ1n) is 9.48. The fourth-order valence-corrected chi connectivity index (χ4v) is 6.60. The molecule has 1 amide bonds. The number of sulfonamides is 1. The highest BCUT2D eigenvalue weighted by Gasteiger charge is 2.29. The summed E-state index contributed by atoms with van der Waals surface area (Å²) >= 11 is 2.95. The Kier molecular flexibility index (Phi) is 6.19. The second kappa shape index (κ2) is 8.84. The van der Waals surface area contributed by atoms with Crippen molar-refractivity contribution in [1.82, 2.24) is 9.29 Å². The van der Waals surface area contributed by atoms with Crippen molar-refractivity contribution in [2.75, 3.05) is 25.5 Å². The number of rotatable bonds is 6. The Morgan fingerprint density at radius 2 is 1.97 bits per heavy atom. The maximum atomic E-state index is 13.1. The topological polar surface area (TPSA) is 88.6 Å². The Balaban J connectivity index is 1.58. The van der Waals surface area contributed by atoms with Gasteiger partial charge in [-0.1, -0.05) is 12.5 Å². The van der Waals surface area contributed by atoms with Crippen molar-refractivity contribution in [3.63, 3.8) is 0 Å². The van der Waals surface area contributed by atoms with E-state index >= 15 is 0 Å². The number of thiophene rings is 1. The fraction of sp³-hybridized carbons (Fsp3) is 0.300. The molecule has 158 valence electrons. The molecule has 0 aliphatic carbocycles. The highest BCUT2D eigenvalue weighted by atomic mass is 32.2. The minimum atomic E-state index is -3.71. The van der Waals surface area contributed by atoms with Crippen LogP contribution in [0.3, 0.4) is 0 Å². The van der Waals surface area contributed by atoms with E-state index in [0.29, 0.717) is 24.5 Å². The third-order valence-electron chi connectivity index (χ3n) is 4.82. The maximum Gasteiger partial charge on any atom is 0.275 e. The molecule has 0 radical (unpaired) electrons. The van der Waals surface area contributed by atoms with E-state index in [1.807, 2.05) is 17.5 Å². The van der Waals surface area contributed by atoms with Crippen molar-refractivity contribution >= 4 is 44.3 Å². The van der Waals surface area contributed by atoms with Crippen molar-refractivity contribution < 1.29 is 17.9 Å². The van der Waals surface area contributed by atoms with Crippen LogP contribution in [-0.4, -0.2) is 43.8 Å². The molecule has 3 heterocycles. The normalized spacial score (nSPS) is 15.1. The summed E-state index contributed by atoms with van der Waals surface area (Å²) in [6.07, 6.45) is 2.71. The number of aromatic nitrogens is 1. The zero-order valence-corrected chi connectivity index (χ0v) is 18.8. The first kappa shape index (κ1) is 21.0. The van der Waals surface area contributed by atoms with Gasteiger partial charge in [-0.25, -0.2) is 13.4 Å². The van der Waals surface area contributed by atoms with Gasteiger partial charge in [-0.2, -0.15) is 4.31 Å². The van der Waals surface area contributed by atoms with Gasteiger partial charge >= 0.3 is 0 Å². The Morgan fingerprint density at radius 1 is 1.17 bits per heavy atom. The number of amides is 1. The molecule has 1 aliphatic heterocycles. The largest absolute Gasteiger partial charge is 0.495 e. The van der Waals surface area contributed by atoms with Crippen LogP contribution in [0.1, 0.15) is 29.8 Å². The molecule has 0 bridgehead atoms. The number of piperidine rings is 1. The van der Waals surface area contributed by atoms with Gasteiger partial charge in [-0.3, -0.25) is 4.79 Å². The van der Waals surface area contributed by atoms with Gasteiger partial charge in [0.05, 0.1) is 12.0 Å². The molecular formula is C20H21N3O4S3. The van der Waals surface area contributed by atoms with Gasteiger partial charge in [-0.15, -0.1) is 22.7 Å². The Labute approximate surface area is 183 Å². The van der Waals surface area contributed by atoms with Gasteiger partial charge in [0.15, 0.2) is 0 Å². The summed E-state index contributed by atoms with van der Waals surface area (Å²) in [4.78, 5) is 18.1. The first-order chi connectivity index (χ1) is 14.5. The van der Waals surface area contributed by atoms with Crippen LogP contribution in [0.4, 0.5) is 5.69 Å². The van der Waals surface area contributed by atoms with Gasteiger partial charge in [-0.05, 0) is 42.5 Å². The van der Waals surface area contributed by atoms with Gasteiger partial charge in [0.2, 0.25) is 10.0 Å². The molecule has 0 unspecified atom stereocenters. The quantitative estimate of drug-likeness (QED) is 0.589. The summed E-state index contributed by atoms with van der Waals surface area (Å²) in [7, 11) is -2.27. The molecule has 3 aromatic rings. The minimum Gasteiger partial charge on any atom is -0.495 e. The molecule has 4 rings (SSSR count). The summed E-state index contributed by atoms with van der Waals surface area (Å²) in [5.74, 6) is -0.132. The Hall–Kier alpha value is -2.27. The molecule has 30 heavy (non-hydrogen) atoms. The SMILES string of the molecule is COc1ccc(NC(=O)c2csc(-c3cccs3)n2)cc1S(=O)(=O)N1CCCCC1. The van der Waals surface area contributed by atoms with Gasteiger partial charge in [0, 0.05) is 24.2 Å². The van der Waals surface area contributed by atoms with Gasteiger partial charge in [0.1, 0.15) is 21.3 Å². The lowest BCUT2D eigenvalue weighted by Gasteiger charge is -2.26. The highest BCUT2D eigenvalue weighted by molar-refractivity contribution is 7.89. The number of thiazole rings is 1. The number of hydrogen-bond acceptors (Lipinski definition) is 7. The van der Waals surface area contributed by atoms with E-state index in [9.17, 15) is 13.2 Å². The minimum absolute atomic E-state index is 0.0576. The zero-order chi connectivity index (χ0) is 21.1. The summed E-state index contributed by atoms with van der Waals surface area (Å²) in [5.41, 5.74) is 0.668. The Bertz CT molecular complexity index is 1130. The van der Waals surface area contributed by atoms with Crippen molar-refractivity contribution in [3.05, 3.63) is 46.8 Å². The molecule has 7 nitrogen and oxygen atoms in total. The number of carbonyl (C=O) groups is 1. The molecule has 2 aromatic heterocycles. The molecule has 0 saturated carbocycles. The fourth-order valence-electron chi connectivity index (χ4n) is 3.29. The smallest absolute Gasteiger partial charge is 0.275 e. The van der Waals surface area contributed by atoms with Crippen LogP contribution in [0.25, 0.3) is 9.88 Å². The number of hydrogen-bond donors (Lipinski definition) is 1. The highest BCUT2D eigenvalue weighted by Crippen LogP contribution is 2.32. The van der Waals surface area contributed by atoms with Crippen LogP contribution < -0.4 is 10.1 Å². The number of nitrogens with one attached hydrogen (secondary N) is 1. The van der Waals surface area contributed by atoms with Crippen molar-refractivity contribution in [2.24, 2.45) is 0 Å².